The minimum absolute atomic E-state index is 0.735. The van der Waals surface area contributed by atoms with E-state index in [9.17, 15) is 4.21 Å². The monoisotopic (exact) mass is 249 g/mol. The predicted molar refractivity (Wildman–Crippen MR) is 69.5 cm³/mol. The Morgan fingerprint density at radius 3 is 2.62 bits per heavy atom. The van der Waals surface area contributed by atoms with Gasteiger partial charge in [0.2, 0.25) is 0 Å². The van der Waals surface area contributed by atoms with Crippen molar-refractivity contribution >= 4 is 28.5 Å². The molecule has 0 fully saturated rings. The number of benzene rings is 1. The van der Waals surface area contributed by atoms with Gasteiger partial charge in [0, 0.05) is 4.88 Å². The Hall–Kier alpha value is -1.26. The molecule has 0 bridgehead atoms. The molecule has 0 spiro atoms. The Kier molecular flexibility index (Phi) is 3.64. The number of aryl methyl sites for hydroxylation is 1. The molecule has 1 atom stereocenters. The molecular formula is C12H11NOS2. The summed E-state index contributed by atoms with van der Waals surface area (Å²) in [6.45, 7) is 2.00. The van der Waals surface area contributed by atoms with Crippen LogP contribution in [-0.2, 0) is 11.0 Å². The van der Waals surface area contributed by atoms with E-state index < -0.39 is 11.0 Å². The third-order valence-electron chi connectivity index (χ3n) is 2.04. The first-order chi connectivity index (χ1) is 7.75. The Labute approximate surface area is 101 Å². The van der Waals surface area contributed by atoms with Crippen molar-refractivity contribution in [2.24, 2.45) is 4.40 Å². The minimum Gasteiger partial charge on any atom is -0.229 e. The van der Waals surface area contributed by atoms with Gasteiger partial charge in [-0.25, -0.2) is 4.21 Å². The molecule has 16 heavy (non-hydrogen) atoms. The summed E-state index contributed by atoms with van der Waals surface area (Å²) in [6.07, 6.45) is 1.65. The van der Waals surface area contributed by atoms with Gasteiger partial charge in [-0.15, -0.1) is 11.3 Å². The highest BCUT2D eigenvalue weighted by atomic mass is 32.2. The molecule has 1 unspecified atom stereocenters. The van der Waals surface area contributed by atoms with E-state index in [0.29, 0.717) is 0 Å². The fraction of sp³-hybridized carbons (Fsp3) is 0.0833. The molecule has 4 heteroatoms. The maximum Gasteiger partial charge on any atom is 0.172 e. The summed E-state index contributed by atoms with van der Waals surface area (Å²) in [6, 6.07) is 11.5. The molecule has 0 amide bonds. The SMILES string of the molecule is Cc1ccc(S(=O)/N=C/c2cccs2)cc1. The van der Waals surface area contributed by atoms with Crippen LogP contribution >= 0.6 is 11.3 Å². The van der Waals surface area contributed by atoms with Gasteiger partial charge in [0.05, 0.1) is 11.1 Å². The van der Waals surface area contributed by atoms with E-state index in [4.69, 9.17) is 0 Å². The maximum absolute atomic E-state index is 11.8. The van der Waals surface area contributed by atoms with E-state index >= 15 is 0 Å². The summed E-state index contributed by atoms with van der Waals surface area (Å²) in [5.41, 5.74) is 1.16. The van der Waals surface area contributed by atoms with Crippen molar-refractivity contribution in [3.63, 3.8) is 0 Å². The molecule has 0 N–H and O–H groups in total. The van der Waals surface area contributed by atoms with Gasteiger partial charge in [-0.3, -0.25) is 0 Å². The van der Waals surface area contributed by atoms with Crippen molar-refractivity contribution in [1.82, 2.24) is 0 Å². The molecule has 0 saturated heterocycles. The summed E-state index contributed by atoms with van der Waals surface area (Å²) < 4.78 is 15.8. The first-order valence-electron chi connectivity index (χ1n) is 4.82. The molecule has 82 valence electrons. The predicted octanol–water partition coefficient (Wildman–Crippen LogP) is 3.20. The van der Waals surface area contributed by atoms with Gasteiger partial charge in [0.15, 0.2) is 11.0 Å². The van der Waals surface area contributed by atoms with E-state index in [2.05, 4.69) is 4.40 Å². The molecule has 2 nitrogen and oxygen atoms in total. The largest absolute Gasteiger partial charge is 0.229 e. The molecular weight excluding hydrogens is 238 g/mol. The second kappa shape index (κ2) is 5.18. The summed E-state index contributed by atoms with van der Waals surface area (Å²) in [5.74, 6) is 0. The second-order valence-corrected chi connectivity index (χ2v) is 5.47. The highest BCUT2D eigenvalue weighted by molar-refractivity contribution is 7.83. The van der Waals surface area contributed by atoms with Crippen molar-refractivity contribution in [3.8, 4) is 0 Å². The molecule has 0 saturated carbocycles. The fourth-order valence-electron chi connectivity index (χ4n) is 1.18. The van der Waals surface area contributed by atoms with Crippen LogP contribution in [0.4, 0.5) is 0 Å². The smallest absolute Gasteiger partial charge is 0.172 e. The van der Waals surface area contributed by atoms with Crippen molar-refractivity contribution in [3.05, 3.63) is 52.2 Å². The van der Waals surface area contributed by atoms with Gasteiger partial charge in [-0.2, -0.15) is 4.40 Å². The van der Waals surface area contributed by atoms with E-state index in [1.165, 1.54) is 0 Å². The molecule has 0 aliphatic heterocycles. The standard InChI is InChI=1S/C12H11NOS2/c1-10-4-6-12(7-5-10)16(14)13-9-11-3-2-8-15-11/h2-9H,1H3/b13-9+. The molecule has 2 aromatic rings. The van der Waals surface area contributed by atoms with E-state index in [1.807, 2.05) is 48.7 Å². The van der Waals surface area contributed by atoms with Gasteiger partial charge in [0.25, 0.3) is 0 Å². The van der Waals surface area contributed by atoms with E-state index in [0.717, 1.165) is 15.3 Å². The van der Waals surface area contributed by atoms with Gasteiger partial charge in [0.1, 0.15) is 0 Å². The number of rotatable bonds is 3. The van der Waals surface area contributed by atoms with Crippen LogP contribution in [0, 0.1) is 6.92 Å². The van der Waals surface area contributed by atoms with Crippen LogP contribution in [0.1, 0.15) is 10.4 Å². The normalized spacial score (nSPS) is 13.1. The third-order valence-corrected chi connectivity index (χ3v) is 3.82. The van der Waals surface area contributed by atoms with Crippen LogP contribution < -0.4 is 0 Å². The highest BCUT2D eigenvalue weighted by Crippen LogP contribution is 2.10. The zero-order chi connectivity index (χ0) is 11.4. The van der Waals surface area contributed by atoms with Crippen molar-refractivity contribution < 1.29 is 4.21 Å². The van der Waals surface area contributed by atoms with Gasteiger partial charge < -0.3 is 0 Å². The van der Waals surface area contributed by atoms with Crippen LogP contribution in [0.15, 0.2) is 51.1 Å². The second-order valence-electron chi connectivity index (χ2n) is 3.31. The summed E-state index contributed by atoms with van der Waals surface area (Å²) in [5, 5.41) is 1.97. The fourth-order valence-corrected chi connectivity index (χ4v) is 2.53. The van der Waals surface area contributed by atoms with Crippen LogP contribution in [0.3, 0.4) is 0 Å². The molecule has 0 aliphatic rings. The van der Waals surface area contributed by atoms with Gasteiger partial charge in [-0.05, 0) is 30.5 Å². The summed E-state index contributed by atoms with van der Waals surface area (Å²) >= 11 is 1.58. The first-order valence-corrected chi connectivity index (χ1v) is 6.80. The number of hydrogen-bond acceptors (Lipinski definition) is 2. The molecule has 2 rings (SSSR count). The highest BCUT2D eigenvalue weighted by Gasteiger charge is 1.99. The molecule has 1 aromatic heterocycles. The van der Waals surface area contributed by atoms with E-state index in [1.54, 1.807) is 17.6 Å². The first kappa shape index (κ1) is 11.2. The third kappa shape index (κ3) is 2.87. The zero-order valence-electron chi connectivity index (χ0n) is 8.79. The Morgan fingerprint density at radius 1 is 1.25 bits per heavy atom. The van der Waals surface area contributed by atoms with Crippen LogP contribution in [0.5, 0.6) is 0 Å². The van der Waals surface area contributed by atoms with Gasteiger partial charge in [-0.1, -0.05) is 23.8 Å². The Morgan fingerprint density at radius 2 is 2.00 bits per heavy atom. The molecule has 0 radical (unpaired) electrons. The summed E-state index contributed by atoms with van der Waals surface area (Å²) in [4.78, 5) is 1.75. The quantitative estimate of drug-likeness (QED) is 0.768. The number of thiophene rings is 1. The lowest BCUT2D eigenvalue weighted by molar-refractivity contribution is 0.684. The molecule has 1 aromatic carbocycles. The lowest BCUT2D eigenvalue weighted by Crippen LogP contribution is -1.87. The summed E-state index contributed by atoms with van der Waals surface area (Å²) in [7, 11) is -1.30. The Bertz CT molecular complexity index is 500. The van der Waals surface area contributed by atoms with Crippen molar-refractivity contribution in [2.45, 2.75) is 11.8 Å². The topological polar surface area (TPSA) is 29.4 Å². The van der Waals surface area contributed by atoms with Crippen LogP contribution in [-0.4, -0.2) is 10.4 Å². The lowest BCUT2D eigenvalue weighted by Gasteiger charge is -1.96. The van der Waals surface area contributed by atoms with E-state index in [-0.39, 0.29) is 0 Å². The zero-order valence-corrected chi connectivity index (χ0v) is 10.4. The average molecular weight is 249 g/mol. The maximum atomic E-state index is 11.8. The van der Waals surface area contributed by atoms with Crippen molar-refractivity contribution in [1.29, 1.82) is 0 Å². The van der Waals surface area contributed by atoms with Crippen LogP contribution in [0.25, 0.3) is 0 Å². The molecule has 1 heterocycles. The number of hydrogen-bond donors (Lipinski definition) is 0. The Balaban J connectivity index is 2.11. The van der Waals surface area contributed by atoms with Crippen LogP contribution in [0.2, 0.25) is 0 Å². The van der Waals surface area contributed by atoms with Gasteiger partial charge >= 0.3 is 0 Å². The van der Waals surface area contributed by atoms with Crippen molar-refractivity contribution in [2.75, 3.05) is 0 Å². The lowest BCUT2D eigenvalue weighted by atomic mass is 10.2. The molecule has 0 aliphatic carbocycles. The minimum atomic E-state index is -1.30. The average Bonchev–Trinajstić information content (AvgIpc) is 2.80. The number of nitrogens with zero attached hydrogens (tertiary/aromatic N) is 1.